The molecule has 0 amide bonds. The Hall–Kier alpha value is -2.08. The maximum absolute atomic E-state index is 6.28. The molecule has 0 N–H and O–H groups in total. The topological polar surface area (TPSA) is 48.2 Å². The lowest BCUT2D eigenvalue weighted by Gasteiger charge is -2.18. The van der Waals surface area contributed by atoms with Gasteiger partial charge in [-0.25, -0.2) is 4.98 Å². The Morgan fingerprint density at radius 3 is 2.75 bits per heavy atom. The first kappa shape index (κ1) is 18.0. The summed E-state index contributed by atoms with van der Waals surface area (Å²) < 4.78 is 11.8. The summed E-state index contributed by atoms with van der Waals surface area (Å²) in [5.74, 6) is 1.10. The van der Waals surface area contributed by atoms with E-state index in [0.717, 1.165) is 75.9 Å². The molecular formula is C22H19ClN2O2S. The van der Waals surface area contributed by atoms with Crippen molar-refractivity contribution in [3.8, 4) is 11.3 Å². The Morgan fingerprint density at radius 2 is 1.93 bits per heavy atom. The van der Waals surface area contributed by atoms with Crippen molar-refractivity contribution >= 4 is 29.4 Å². The first-order valence-electron chi connectivity index (χ1n) is 9.44. The van der Waals surface area contributed by atoms with Gasteiger partial charge in [0.15, 0.2) is 11.0 Å². The zero-order chi connectivity index (χ0) is 18.9. The molecule has 0 saturated carbocycles. The van der Waals surface area contributed by atoms with Crippen LogP contribution in [0, 0.1) is 0 Å². The number of rotatable bonds is 4. The molecular weight excluding hydrogens is 392 g/mol. The van der Waals surface area contributed by atoms with E-state index < -0.39 is 0 Å². The third kappa shape index (κ3) is 3.62. The Morgan fingerprint density at radius 1 is 1.11 bits per heavy atom. The molecule has 0 spiro atoms. The predicted molar refractivity (Wildman–Crippen MR) is 111 cm³/mol. The van der Waals surface area contributed by atoms with Gasteiger partial charge in [0, 0.05) is 47.2 Å². The van der Waals surface area contributed by atoms with E-state index >= 15 is 0 Å². The highest BCUT2D eigenvalue weighted by molar-refractivity contribution is 7.99. The van der Waals surface area contributed by atoms with Gasteiger partial charge in [0.25, 0.3) is 0 Å². The van der Waals surface area contributed by atoms with E-state index in [0.29, 0.717) is 5.92 Å². The zero-order valence-electron chi connectivity index (χ0n) is 15.2. The second kappa shape index (κ2) is 7.74. The number of hydrogen-bond donors (Lipinski definition) is 0. The lowest BCUT2D eigenvalue weighted by molar-refractivity contribution is 0.0786. The van der Waals surface area contributed by atoms with Gasteiger partial charge in [-0.2, -0.15) is 0 Å². The lowest BCUT2D eigenvalue weighted by atomic mass is 10.0. The number of aromatic nitrogens is 2. The van der Waals surface area contributed by atoms with Gasteiger partial charge in [-0.15, -0.1) is 0 Å². The maximum atomic E-state index is 6.28. The molecule has 2 aromatic heterocycles. The molecule has 6 heteroatoms. The van der Waals surface area contributed by atoms with Crippen molar-refractivity contribution < 1.29 is 9.15 Å². The molecule has 1 aliphatic heterocycles. The van der Waals surface area contributed by atoms with Crippen molar-refractivity contribution in [3.63, 3.8) is 0 Å². The number of pyridine rings is 1. The molecule has 1 aromatic carbocycles. The Balaban J connectivity index is 1.54. The van der Waals surface area contributed by atoms with Crippen molar-refractivity contribution in [1.82, 2.24) is 9.97 Å². The van der Waals surface area contributed by atoms with Crippen LogP contribution in [0.3, 0.4) is 0 Å². The Labute approximate surface area is 173 Å². The van der Waals surface area contributed by atoms with E-state index in [1.807, 2.05) is 30.5 Å². The van der Waals surface area contributed by atoms with E-state index in [2.05, 4.69) is 23.2 Å². The van der Waals surface area contributed by atoms with E-state index in [4.69, 9.17) is 25.7 Å². The van der Waals surface area contributed by atoms with Crippen LogP contribution in [0.4, 0.5) is 0 Å². The van der Waals surface area contributed by atoms with Gasteiger partial charge in [-0.05, 0) is 60.5 Å². The van der Waals surface area contributed by atoms with Gasteiger partial charge < -0.3 is 9.15 Å². The Bertz CT molecular complexity index is 1020. The third-order valence-corrected chi connectivity index (χ3v) is 6.32. The van der Waals surface area contributed by atoms with Crippen molar-refractivity contribution in [1.29, 1.82) is 0 Å². The van der Waals surface area contributed by atoms with Crippen LogP contribution >= 0.6 is 23.4 Å². The maximum Gasteiger partial charge on any atom is 0.199 e. The molecule has 142 valence electrons. The average molecular weight is 411 g/mol. The first-order valence-corrected chi connectivity index (χ1v) is 10.6. The van der Waals surface area contributed by atoms with Gasteiger partial charge in [-0.1, -0.05) is 23.8 Å². The molecule has 4 nitrogen and oxygen atoms in total. The monoisotopic (exact) mass is 410 g/mol. The summed E-state index contributed by atoms with van der Waals surface area (Å²) in [6.45, 7) is 1.51. The van der Waals surface area contributed by atoms with Crippen molar-refractivity contribution in [2.75, 3.05) is 13.2 Å². The summed E-state index contributed by atoms with van der Waals surface area (Å²) in [5.41, 5.74) is 4.13. The van der Waals surface area contributed by atoms with Crippen LogP contribution in [0.5, 0.6) is 0 Å². The molecule has 0 unspecified atom stereocenters. The third-order valence-electron chi connectivity index (χ3n) is 5.09. The Kier molecular flexibility index (Phi) is 4.97. The van der Waals surface area contributed by atoms with Crippen LogP contribution < -0.4 is 0 Å². The summed E-state index contributed by atoms with van der Waals surface area (Å²) in [6.07, 6.45) is 8.95. The summed E-state index contributed by atoms with van der Waals surface area (Å²) in [5, 5.41) is 1.52. The highest BCUT2D eigenvalue weighted by Crippen LogP contribution is 2.40. The molecule has 0 radical (unpaired) electrons. The molecule has 1 aliphatic carbocycles. The SMILES string of the molecule is Clc1ccc(Sc2oc(C3CCOCC3)nc2-c2cnc3c(c2)C=CC3)cc1. The van der Waals surface area contributed by atoms with Gasteiger partial charge in [-0.3, -0.25) is 4.98 Å². The lowest BCUT2D eigenvalue weighted by Crippen LogP contribution is -2.14. The minimum atomic E-state index is 0.300. The van der Waals surface area contributed by atoms with Crippen LogP contribution in [-0.4, -0.2) is 23.2 Å². The minimum absolute atomic E-state index is 0.300. The number of allylic oxidation sites excluding steroid dienone is 1. The number of benzene rings is 1. The first-order chi connectivity index (χ1) is 13.8. The summed E-state index contributed by atoms with van der Waals surface area (Å²) in [7, 11) is 0. The van der Waals surface area contributed by atoms with Crippen LogP contribution in [0.25, 0.3) is 17.3 Å². The number of fused-ring (bicyclic) bond motifs is 1. The molecule has 28 heavy (non-hydrogen) atoms. The van der Waals surface area contributed by atoms with Crippen LogP contribution in [0.15, 0.2) is 57.0 Å². The fourth-order valence-electron chi connectivity index (χ4n) is 3.55. The van der Waals surface area contributed by atoms with Crippen molar-refractivity contribution in [2.45, 2.75) is 35.2 Å². The molecule has 5 rings (SSSR count). The van der Waals surface area contributed by atoms with Crippen molar-refractivity contribution in [2.24, 2.45) is 0 Å². The van der Waals surface area contributed by atoms with E-state index in [9.17, 15) is 0 Å². The van der Waals surface area contributed by atoms with Crippen LogP contribution in [-0.2, 0) is 11.2 Å². The highest BCUT2D eigenvalue weighted by Gasteiger charge is 2.25. The zero-order valence-corrected chi connectivity index (χ0v) is 16.8. The standard InChI is InChI=1S/C22H19ClN2O2S/c23-17-4-6-18(7-5-17)28-22-20(16-12-15-2-1-3-19(15)24-13-16)25-21(27-22)14-8-10-26-11-9-14/h1-2,4-7,12-14H,3,8-11H2. The number of halogens is 1. The van der Waals surface area contributed by atoms with Crippen molar-refractivity contribution in [3.05, 3.63) is 64.8 Å². The fraction of sp³-hybridized carbons (Fsp3) is 0.273. The molecule has 2 aliphatic rings. The second-order valence-electron chi connectivity index (χ2n) is 7.00. The second-order valence-corrected chi connectivity index (χ2v) is 8.48. The summed E-state index contributed by atoms with van der Waals surface area (Å²) in [6, 6.07) is 9.93. The predicted octanol–water partition coefficient (Wildman–Crippen LogP) is 6.00. The number of hydrogen-bond acceptors (Lipinski definition) is 5. The number of ether oxygens (including phenoxy) is 1. The highest BCUT2D eigenvalue weighted by atomic mass is 35.5. The van der Waals surface area contributed by atoms with Gasteiger partial charge in [0.05, 0.1) is 5.69 Å². The van der Waals surface area contributed by atoms with Crippen LogP contribution in [0.1, 0.15) is 35.9 Å². The molecule has 3 heterocycles. The fourth-order valence-corrected chi connectivity index (χ4v) is 4.55. The molecule has 1 fully saturated rings. The quantitative estimate of drug-likeness (QED) is 0.527. The minimum Gasteiger partial charge on any atom is -0.433 e. The van der Waals surface area contributed by atoms with E-state index in [1.54, 1.807) is 11.8 Å². The number of nitrogens with zero attached hydrogens (tertiary/aromatic N) is 2. The molecule has 3 aromatic rings. The molecule has 0 bridgehead atoms. The smallest absolute Gasteiger partial charge is 0.199 e. The largest absolute Gasteiger partial charge is 0.433 e. The van der Waals surface area contributed by atoms with Crippen LogP contribution in [0.2, 0.25) is 5.02 Å². The number of oxazole rings is 1. The average Bonchev–Trinajstić information content (AvgIpc) is 3.37. The molecule has 1 saturated heterocycles. The normalized spacial score (nSPS) is 16.5. The molecule has 0 atom stereocenters. The van der Waals surface area contributed by atoms with E-state index in [1.165, 1.54) is 0 Å². The van der Waals surface area contributed by atoms with Gasteiger partial charge in [0.1, 0.15) is 5.69 Å². The van der Waals surface area contributed by atoms with Gasteiger partial charge >= 0.3 is 0 Å². The summed E-state index contributed by atoms with van der Waals surface area (Å²) >= 11 is 7.60. The van der Waals surface area contributed by atoms with Gasteiger partial charge in [0.2, 0.25) is 0 Å². The van der Waals surface area contributed by atoms with E-state index in [-0.39, 0.29) is 0 Å². The summed E-state index contributed by atoms with van der Waals surface area (Å²) in [4.78, 5) is 10.6.